The smallest absolute Gasteiger partial charge is 0.133 e. The molecular weight excluding hydrogens is 224 g/mol. The number of hydrogen-bond donors (Lipinski definition) is 1. The summed E-state index contributed by atoms with van der Waals surface area (Å²) in [4.78, 5) is 6.46. The minimum atomic E-state index is 0.552. The minimum Gasteiger partial charge on any atom is -0.326 e. The summed E-state index contributed by atoms with van der Waals surface area (Å²) < 4.78 is 0. The second kappa shape index (κ2) is 3.75. The van der Waals surface area contributed by atoms with Gasteiger partial charge >= 0.3 is 0 Å². The molecule has 0 atom stereocenters. The third kappa shape index (κ3) is 1.91. The summed E-state index contributed by atoms with van der Waals surface area (Å²) in [5.41, 5.74) is 5.49. The summed E-state index contributed by atoms with van der Waals surface area (Å²) in [7, 11) is 0. The standard InChI is InChI=1S/C8H7ClN2S2/c9-5-1-7(12-4-5)8-11-3-6(2-10)13-8/h1,3-4H,2,10H2. The van der Waals surface area contributed by atoms with Gasteiger partial charge in [-0.1, -0.05) is 11.6 Å². The van der Waals surface area contributed by atoms with Crippen molar-refractivity contribution < 1.29 is 0 Å². The Morgan fingerprint density at radius 3 is 2.92 bits per heavy atom. The Hall–Kier alpha value is -0.420. The van der Waals surface area contributed by atoms with E-state index < -0.39 is 0 Å². The number of thiazole rings is 1. The molecule has 0 saturated carbocycles. The monoisotopic (exact) mass is 230 g/mol. The zero-order valence-electron chi connectivity index (χ0n) is 6.66. The second-order valence-corrected chi connectivity index (χ2v) is 4.93. The maximum absolute atomic E-state index is 5.81. The van der Waals surface area contributed by atoms with Crippen molar-refractivity contribution in [1.29, 1.82) is 0 Å². The third-order valence-electron chi connectivity index (χ3n) is 1.53. The lowest BCUT2D eigenvalue weighted by atomic mass is 10.5. The summed E-state index contributed by atoms with van der Waals surface area (Å²) in [6.07, 6.45) is 1.81. The number of halogens is 1. The predicted octanol–water partition coefficient (Wildman–Crippen LogP) is 2.98. The van der Waals surface area contributed by atoms with Gasteiger partial charge in [0.15, 0.2) is 0 Å². The van der Waals surface area contributed by atoms with Crippen molar-refractivity contribution in [3.05, 3.63) is 27.5 Å². The van der Waals surface area contributed by atoms with Gasteiger partial charge in [-0.2, -0.15) is 0 Å². The van der Waals surface area contributed by atoms with Gasteiger partial charge in [-0.05, 0) is 6.07 Å². The van der Waals surface area contributed by atoms with E-state index in [0.29, 0.717) is 6.54 Å². The van der Waals surface area contributed by atoms with Crippen LogP contribution in [0, 0.1) is 0 Å². The predicted molar refractivity (Wildman–Crippen MR) is 58.3 cm³/mol. The minimum absolute atomic E-state index is 0.552. The fraction of sp³-hybridized carbons (Fsp3) is 0.125. The van der Waals surface area contributed by atoms with E-state index >= 15 is 0 Å². The first-order chi connectivity index (χ1) is 6.29. The molecule has 0 fully saturated rings. The molecule has 13 heavy (non-hydrogen) atoms. The van der Waals surface area contributed by atoms with Crippen LogP contribution in [-0.2, 0) is 6.54 Å². The lowest BCUT2D eigenvalue weighted by Gasteiger charge is -1.85. The largest absolute Gasteiger partial charge is 0.326 e. The molecule has 2 N–H and O–H groups in total. The van der Waals surface area contributed by atoms with Crippen LogP contribution in [0.5, 0.6) is 0 Å². The summed E-state index contributed by atoms with van der Waals surface area (Å²) in [6, 6.07) is 1.92. The summed E-state index contributed by atoms with van der Waals surface area (Å²) in [5.74, 6) is 0. The fourth-order valence-electron chi connectivity index (χ4n) is 0.941. The number of aromatic nitrogens is 1. The van der Waals surface area contributed by atoms with E-state index in [-0.39, 0.29) is 0 Å². The van der Waals surface area contributed by atoms with Crippen LogP contribution in [0.25, 0.3) is 9.88 Å². The topological polar surface area (TPSA) is 38.9 Å². The Balaban J connectivity index is 2.35. The van der Waals surface area contributed by atoms with Gasteiger partial charge in [0.2, 0.25) is 0 Å². The molecule has 0 bridgehead atoms. The Morgan fingerprint density at radius 2 is 2.38 bits per heavy atom. The van der Waals surface area contributed by atoms with Gasteiger partial charge in [0, 0.05) is 23.0 Å². The van der Waals surface area contributed by atoms with E-state index in [4.69, 9.17) is 17.3 Å². The maximum Gasteiger partial charge on any atom is 0.133 e. The number of hydrogen-bond acceptors (Lipinski definition) is 4. The van der Waals surface area contributed by atoms with Crippen LogP contribution in [-0.4, -0.2) is 4.98 Å². The van der Waals surface area contributed by atoms with E-state index in [2.05, 4.69) is 4.98 Å². The Kier molecular flexibility index (Phi) is 2.64. The molecule has 68 valence electrons. The van der Waals surface area contributed by atoms with Crippen LogP contribution >= 0.6 is 34.3 Å². The molecule has 0 aliphatic heterocycles. The van der Waals surface area contributed by atoms with Crippen LogP contribution in [0.1, 0.15) is 4.88 Å². The van der Waals surface area contributed by atoms with Crippen molar-refractivity contribution in [2.75, 3.05) is 0 Å². The summed E-state index contributed by atoms with van der Waals surface area (Å²) in [6.45, 7) is 0.552. The van der Waals surface area contributed by atoms with Gasteiger partial charge in [0.1, 0.15) is 5.01 Å². The molecule has 0 radical (unpaired) electrons. The van der Waals surface area contributed by atoms with Gasteiger partial charge in [0.25, 0.3) is 0 Å². The number of nitrogens with zero attached hydrogens (tertiary/aromatic N) is 1. The number of rotatable bonds is 2. The highest BCUT2D eigenvalue weighted by atomic mass is 35.5. The average Bonchev–Trinajstić information content (AvgIpc) is 2.71. The quantitative estimate of drug-likeness (QED) is 0.862. The second-order valence-electron chi connectivity index (χ2n) is 2.47. The number of nitrogens with two attached hydrogens (primary N) is 1. The molecule has 2 heterocycles. The van der Waals surface area contributed by atoms with Gasteiger partial charge in [-0.25, -0.2) is 4.98 Å². The lowest BCUT2D eigenvalue weighted by Crippen LogP contribution is -1.91. The maximum atomic E-state index is 5.81. The molecule has 2 nitrogen and oxygen atoms in total. The third-order valence-corrected chi connectivity index (χ3v) is 4.00. The molecule has 0 aliphatic rings. The van der Waals surface area contributed by atoms with Gasteiger partial charge in [0.05, 0.1) is 9.90 Å². The van der Waals surface area contributed by atoms with Crippen molar-refractivity contribution in [1.82, 2.24) is 4.98 Å². The first-order valence-corrected chi connectivity index (χ1v) is 5.76. The zero-order chi connectivity index (χ0) is 9.26. The van der Waals surface area contributed by atoms with Crippen molar-refractivity contribution in [2.45, 2.75) is 6.54 Å². The Labute approximate surface area is 89.0 Å². The van der Waals surface area contributed by atoms with Gasteiger partial charge < -0.3 is 5.73 Å². The van der Waals surface area contributed by atoms with Crippen molar-refractivity contribution >= 4 is 34.3 Å². The average molecular weight is 231 g/mol. The van der Waals surface area contributed by atoms with Gasteiger partial charge in [-0.3, -0.25) is 0 Å². The normalized spacial score (nSPS) is 10.6. The van der Waals surface area contributed by atoms with Crippen LogP contribution in [0.2, 0.25) is 5.02 Å². The van der Waals surface area contributed by atoms with E-state index in [1.807, 2.05) is 17.6 Å². The van der Waals surface area contributed by atoms with E-state index in [1.165, 1.54) is 0 Å². The van der Waals surface area contributed by atoms with Crippen LogP contribution < -0.4 is 5.73 Å². The molecule has 2 rings (SSSR count). The lowest BCUT2D eigenvalue weighted by molar-refractivity contribution is 1.10. The molecule has 0 spiro atoms. The van der Waals surface area contributed by atoms with E-state index in [1.54, 1.807) is 22.7 Å². The van der Waals surface area contributed by atoms with Crippen LogP contribution in [0.15, 0.2) is 17.6 Å². The molecule has 2 aromatic rings. The molecule has 0 amide bonds. The molecular formula is C8H7ClN2S2. The number of thiophene rings is 1. The van der Waals surface area contributed by atoms with E-state index in [9.17, 15) is 0 Å². The van der Waals surface area contributed by atoms with Crippen LogP contribution in [0.4, 0.5) is 0 Å². The molecule has 0 unspecified atom stereocenters. The first kappa shape index (κ1) is 9.15. The van der Waals surface area contributed by atoms with Crippen molar-refractivity contribution in [2.24, 2.45) is 5.73 Å². The molecule has 0 aliphatic carbocycles. The molecule has 2 aromatic heterocycles. The Morgan fingerprint density at radius 1 is 1.54 bits per heavy atom. The SMILES string of the molecule is NCc1cnc(-c2cc(Cl)cs2)s1. The van der Waals surface area contributed by atoms with Crippen LogP contribution in [0.3, 0.4) is 0 Å². The fourth-order valence-corrected chi connectivity index (χ4v) is 2.88. The highest BCUT2D eigenvalue weighted by molar-refractivity contribution is 7.21. The Bertz CT molecular complexity index is 408. The van der Waals surface area contributed by atoms with E-state index in [0.717, 1.165) is 19.8 Å². The first-order valence-electron chi connectivity index (χ1n) is 3.69. The molecule has 0 saturated heterocycles. The highest BCUT2D eigenvalue weighted by Crippen LogP contribution is 2.32. The van der Waals surface area contributed by atoms with Gasteiger partial charge in [-0.15, -0.1) is 22.7 Å². The van der Waals surface area contributed by atoms with Crippen molar-refractivity contribution in [3.63, 3.8) is 0 Å². The molecule has 5 heteroatoms. The highest BCUT2D eigenvalue weighted by Gasteiger charge is 2.05. The summed E-state index contributed by atoms with van der Waals surface area (Å²) in [5, 5.41) is 3.67. The summed E-state index contributed by atoms with van der Waals surface area (Å²) >= 11 is 9.03. The van der Waals surface area contributed by atoms with Crippen molar-refractivity contribution in [3.8, 4) is 9.88 Å². The zero-order valence-corrected chi connectivity index (χ0v) is 9.05. The molecule has 0 aromatic carbocycles.